The first-order chi connectivity index (χ1) is 12.1. The molecule has 2 saturated heterocycles. The SMILES string of the molecule is O=C(O)N1C[C@H]2C[C@@H]1CN2c1ncnc2c(Cl)c(Br)c3c(c12)COC3. The highest BCUT2D eigenvalue weighted by Crippen LogP contribution is 2.44. The third kappa shape index (κ3) is 2.10. The molecular weight excluding hydrogens is 412 g/mol. The van der Waals surface area contributed by atoms with Gasteiger partial charge in [-0.1, -0.05) is 11.6 Å². The maximum absolute atomic E-state index is 11.3. The molecule has 0 aliphatic carbocycles. The Morgan fingerprint density at radius 2 is 2.08 bits per heavy atom. The number of halogens is 2. The summed E-state index contributed by atoms with van der Waals surface area (Å²) in [6, 6.07) is 0.155. The fourth-order valence-corrected chi connectivity index (χ4v) is 5.08. The number of nitrogens with zero attached hydrogens (tertiary/aromatic N) is 4. The van der Waals surface area contributed by atoms with Crippen LogP contribution < -0.4 is 4.90 Å². The summed E-state index contributed by atoms with van der Waals surface area (Å²) in [5.74, 6) is 0.832. The lowest BCUT2D eigenvalue weighted by Crippen LogP contribution is -2.48. The average molecular weight is 426 g/mol. The second-order valence-electron chi connectivity index (χ2n) is 6.63. The van der Waals surface area contributed by atoms with Crippen molar-refractivity contribution >= 4 is 50.3 Å². The van der Waals surface area contributed by atoms with Gasteiger partial charge in [-0.2, -0.15) is 0 Å². The number of hydrogen-bond donors (Lipinski definition) is 1. The van der Waals surface area contributed by atoms with Crippen molar-refractivity contribution in [1.29, 1.82) is 0 Å². The zero-order valence-electron chi connectivity index (χ0n) is 13.1. The van der Waals surface area contributed by atoms with Crippen molar-refractivity contribution in [3.05, 3.63) is 26.9 Å². The molecule has 1 aromatic carbocycles. The van der Waals surface area contributed by atoms with Crippen LogP contribution in [0.2, 0.25) is 5.02 Å². The average Bonchev–Trinajstić information content (AvgIpc) is 3.33. The van der Waals surface area contributed by atoms with Crippen LogP contribution in [0.15, 0.2) is 10.8 Å². The largest absolute Gasteiger partial charge is 0.465 e. The van der Waals surface area contributed by atoms with Crippen molar-refractivity contribution in [1.82, 2.24) is 14.9 Å². The van der Waals surface area contributed by atoms with E-state index in [2.05, 4.69) is 30.8 Å². The van der Waals surface area contributed by atoms with E-state index >= 15 is 0 Å². The Balaban J connectivity index is 1.66. The molecule has 0 saturated carbocycles. The van der Waals surface area contributed by atoms with Crippen LogP contribution in [-0.4, -0.2) is 51.2 Å². The first-order valence-electron chi connectivity index (χ1n) is 8.03. The summed E-state index contributed by atoms with van der Waals surface area (Å²) in [4.78, 5) is 24.0. The first kappa shape index (κ1) is 15.6. The summed E-state index contributed by atoms with van der Waals surface area (Å²) in [5.41, 5.74) is 2.82. The summed E-state index contributed by atoms with van der Waals surface area (Å²) in [7, 11) is 0. The molecule has 0 spiro atoms. The van der Waals surface area contributed by atoms with Gasteiger partial charge in [0.05, 0.1) is 41.2 Å². The van der Waals surface area contributed by atoms with Crippen molar-refractivity contribution in [2.75, 3.05) is 18.0 Å². The van der Waals surface area contributed by atoms with Crippen molar-refractivity contribution in [2.45, 2.75) is 31.7 Å². The summed E-state index contributed by atoms with van der Waals surface area (Å²) in [6.45, 7) is 2.17. The molecule has 130 valence electrons. The zero-order chi connectivity index (χ0) is 17.3. The lowest BCUT2D eigenvalue weighted by molar-refractivity contribution is 0.134. The number of fused-ring (bicyclic) bond motifs is 5. The van der Waals surface area contributed by atoms with Crippen molar-refractivity contribution in [3.63, 3.8) is 0 Å². The number of carbonyl (C=O) groups is 1. The molecule has 2 aromatic rings. The molecule has 0 unspecified atom stereocenters. The van der Waals surface area contributed by atoms with Gasteiger partial charge in [0.1, 0.15) is 12.1 Å². The quantitative estimate of drug-likeness (QED) is 0.757. The molecule has 1 aromatic heterocycles. The molecule has 0 radical (unpaired) electrons. The predicted molar refractivity (Wildman–Crippen MR) is 95.0 cm³/mol. The number of benzene rings is 1. The highest BCUT2D eigenvalue weighted by molar-refractivity contribution is 9.10. The number of amides is 1. The molecule has 4 heterocycles. The van der Waals surface area contributed by atoms with Gasteiger partial charge in [0.25, 0.3) is 0 Å². The van der Waals surface area contributed by atoms with E-state index in [0.29, 0.717) is 36.8 Å². The van der Waals surface area contributed by atoms with Gasteiger partial charge >= 0.3 is 6.09 Å². The van der Waals surface area contributed by atoms with Crippen LogP contribution in [0.1, 0.15) is 17.5 Å². The van der Waals surface area contributed by atoms with Crippen molar-refractivity contribution < 1.29 is 14.6 Å². The Hall–Kier alpha value is -1.64. The zero-order valence-corrected chi connectivity index (χ0v) is 15.4. The Labute approximate surface area is 156 Å². The third-order valence-corrected chi connectivity index (χ3v) is 6.88. The number of carboxylic acid groups (broad SMARTS) is 1. The summed E-state index contributed by atoms with van der Waals surface area (Å²) in [5, 5.41) is 10.8. The molecule has 1 N–H and O–H groups in total. The maximum Gasteiger partial charge on any atom is 0.407 e. The Morgan fingerprint density at radius 1 is 1.28 bits per heavy atom. The molecule has 2 fully saturated rings. The van der Waals surface area contributed by atoms with Crippen LogP contribution in [0, 0.1) is 0 Å². The number of piperazine rings is 1. The summed E-state index contributed by atoms with van der Waals surface area (Å²) < 4.78 is 6.47. The van der Waals surface area contributed by atoms with Crippen LogP contribution in [-0.2, 0) is 18.0 Å². The smallest absolute Gasteiger partial charge is 0.407 e. The standard InChI is InChI=1S/C16H14BrClN4O3/c17-12-10-5-25-4-9(10)11-14(13(12)18)19-6-20-15(11)21-2-8-1-7(21)3-22(8)16(23)24/h6-8H,1-5H2,(H,23,24)/t7-,8-/m1/s1. The van der Waals surface area contributed by atoms with Crippen molar-refractivity contribution in [2.24, 2.45) is 0 Å². The molecule has 9 heteroatoms. The first-order valence-corrected chi connectivity index (χ1v) is 9.20. The summed E-state index contributed by atoms with van der Waals surface area (Å²) >= 11 is 10.1. The highest BCUT2D eigenvalue weighted by Gasteiger charge is 2.46. The maximum atomic E-state index is 11.3. The van der Waals surface area contributed by atoms with Gasteiger partial charge in [-0.05, 0) is 33.5 Å². The van der Waals surface area contributed by atoms with Crippen LogP contribution in [0.25, 0.3) is 10.9 Å². The molecule has 2 bridgehead atoms. The van der Waals surface area contributed by atoms with Gasteiger partial charge in [-0.25, -0.2) is 14.8 Å². The Kier molecular flexibility index (Phi) is 3.39. The number of rotatable bonds is 1. The van der Waals surface area contributed by atoms with Gasteiger partial charge in [-0.15, -0.1) is 0 Å². The minimum atomic E-state index is -0.846. The second kappa shape index (κ2) is 5.43. The van der Waals surface area contributed by atoms with E-state index in [1.807, 2.05) is 0 Å². The van der Waals surface area contributed by atoms with Crippen molar-refractivity contribution in [3.8, 4) is 0 Å². The van der Waals surface area contributed by atoms with E-state index in [-0.39, 0.29) is 12.1 Å². The molecule has 25 heavy (non-hydrogen) atoms. The topological polar surface area (TPSA) is 78.8 Å². The molecule has 1 amide bonds. The number of aromatic nitrogens is 2. The lowest BCUT2D eigenvalue weighted by Gasteiger charge is -2.34. The van der Waals surface area contributed by atoms with E-state index < -0.39 is 6.09 Å². The van der Waals surface area contributed by atoms with E-state index in [9.17, 15) is 9.90 Å². The fourth-order valence-electron chi connectivity index (χ4n) is 4.28. The number of anilines is 1. The lowest BCUT2D eigenvalue weighted by atomic mass is 10.0. The Morgan fingerprint density at radius 3 is 2.80 bits per heavy atom. The van der Waals surface area contributed by atoms with Gasteiger partial charge in [0.2, 0.25) is 0 Å². The Bertz CT molecular complexity index is 924. The van der Waals surface area contributed by atoms with Gasteiger partial charge in [0, 0.05) is 17.6 Å². The highest BCUT2D eigenvalue weighted by atomic mass is 79.9. The predicted octanol–water partition coefficient (Wildman–Crippen LogP) is 3.02. The molecule has 5 rings (SSSR count). The van der Waals surface area contributed by atoms with Crippen LogP contribution in [0.5, 0.6) is 0 Å². The molecule has 2 atom stereocenters. The molecule has 7 nitrogen and oxygen atoms in total. The number of likely N-dealkylation sites (tertiary alicyclic amines) is 1. The third-order valence-electron chi connectivity index (χ3n) is 5.41. The van der Waals surface area contributed by atoms with Crippen LogP contribution in [0.4, 0.5) is 10.6 Å². The monoisotopic (exact) mass is 424 g/mol. The number of ether oxygens (including phenoxy) is 1. The van der Waals surface area contributed by atoms with Gasteiger partial charge in [0.15, 0.2) is 0 Å². The second-order valence-corrected chi connectivity index (χ2v) is 7.80. The van der Waals surface area contributed by atoms with E-state index in [1.54, 1.807) is 0 Å². The van der Waals surface area contributed by atoms with Crippen LogP contribution in [0.3, 0.4) is 0 Å². The molecule has 3 aliphatic rings. The minimum Gasteiger partial charge on any atom is -0.465 e. The van der Waals surface area contributed by atoms with E-state index in [1.165, 1.54) is 11.2 Å². The normalized spacial score (nSPS) is 24.4. The minimum absolute atomic E-state index is 0.0164. The number of hydrogen-bond acceptors (Lipinski definition) is 5. The van der Waals surface area contributed by atoms with Gasteiger partial charge < -0.3 is 19.6 Å². The van der Waals surface area contributed by atoms with E-state index in [4.69, 9.17) is 16.3 Å². The molecule has 3 aliphatic heterocycles. The molecular formula is C16H14BrClN4O3. The fraction of sp³-hybridized carbons (Fsp3) is 0.438. The van der Waals surface area contributed by atoms with Gasteiger partial charge in [-0.3, -0.25) is 0 Å². The van der Waals surface area contributed by atoms with E-state index in [0.717, 1.165) is 33.2 Å². The van der Waals surface area contributed by atoms with Crippen LogP contribution >= 0.6 is 27.5 Å². The summed E-state index contributed by atoms with van der Waals surface area (Å²) in [6.07, 6.45) is 1.51.